The van der Waals surface area contributed by atoms with Crippen LogP contribution in [0.4, 0.5) is 4.39 Å². The first-order valence-corrected chi connectivity index (χ1v) is 8.57. The summed E-state index contributed by atoms with van der Waals surface area (Å²) in [5.74, 6) is -1.79. The highest BCUT2D eigenvalue weighted by Gasteiger charge is 2.23. The number of aromatic nitrogens is 1. The van der Waals surface area contributed by atoms with Gasteiger partial charge in [0, 0.05) is 42.1 Å². The number of aliphatic hydroxyl groups is 1. The van der Waals surface area contributed by atoms with Gasteiger partial charge in [-0.2, -0.15) is 0 Å². The summed E-state index contributed by atoms with van der Waals surface area (Å²) < 4.78 is 19.8. The van der Waals surface area contributed by atoms with Crippen LogP contribution < -0.4 is 10.2 Å². The van der Waals surface area contributed by atoms with Gasteiger partial charge in [0.2, 0.25) is 0 Å². The molecule has 2 aromatic carbocycles. The third-order valence-corrected chi connectivity index (χ3v) is 4.30. The van der Waals surface area contributed by atoms with Gasteiger partial charge in [-0.3, -0.25) is 4.79 Å². The number of hydrogen-bond acceptors (Lipinski definition) is 4. The van der Waals surface area contributed by atoms with Gasteiger partial charge in [-0.15, -0.1) is 0 Å². The molecule has 0 saturated heterocycles. The molecular weight excluding hydrogens is 349 g/mol. The number of pyridine rings is 1. The maximum absolute atomic E-state index is 14.3. The van der Waals surface area contributed by atoms with Crippen LogP contribution in [0.5, 0.6) is 11.5 Å². The molecule has 3 rings (SSSR count). The average Bonchev–Trinajstić information content (AvgIpc) is 2.67. The molecule has 0 radical (unpaired) electrons. The largest absolute Gasteiger partial charge is 0.504 e. The zero-order chi connectivity index (χ0) is 19.2. The van der Waals surface area contributed by atoms with Gasteiger partial charge in [-0.25, -0.2) is 4.39 Å². The van der Waals surface area contributed by atoms with E-state index in [1.807, 2.05) is 30.3 Å². The topological polar surface area (TPSA) is 82.6 Å². The zero-order valence-corrected chi connectivity index (χ0v) is 14.6. The summed E-state index contributed by atoms with van der Waals surface area (Å²) >= 11 is 0. The highest BCUT2D eigenvalue weighted by Crippen LogP contribution is 2.40. The number of phenolic OH excluding ortho intramolecular Hbond substituents is 1. The van der Waals surface area contributed by atoms with E-state index in [-0.39, 0.29) is 36.6 Å². The van der Waals surface area contributed by atoms with Crippen molar-refractivity contribution in [1.82, 2.24) is 4.98 Å². The van der Waals surface area contributed by atoms with Crippen molar-refractivity contribution >= 4 is 0 Å². The summed E-state index contributed by atoms with van der Waals surface area (Å²) in [5, 5.41) is 20.1. The maximum Gasteiger partial charge on any atom is 0.197 e. The van der Waals surface area contributed by atoms with E-state index in [0.29, 0.717) is 11.3 Å². The average molecular weight is 369 g/mol. The summed E-state index contributed by atoms with van der Waals surface area (Å²) in [4.78, 5) is 14.6. The molecular formula is C21H20FNO4. The standard InChI is InChI=1S/C21H20FNO4/c22-18-7-6-17(16(9-11-24)19-12-15(25)8-10-23-19)20(26)21(18)27-13-14-4-2-1-3-5-14/h1-8,10,12,16,24,26H,9,11,13H2,(H,23,25). The Morgan fingerprint density at radius 3 is 2.59 bits per heavy atom. The normalized spacial score (nSPS) is 11.9. The Morgan fingerprint density at radius 1 is 1.11 bits per heavy atom. The molecule has 0 amide bonds. The molecule has 0 aliphatic carbocycles. The predicted octanol–water partition coefficient (Wildman–Crippen LogP) is 3.31. The molecule has 1 atom stereocenters. The number of halogens is 1. The van der Waals surface area contributed by atoms with Crippen molar-refractivity contribution < 1.29 is 19.3 Å². The Kier molecular flexibility index (Phi) is 5.88. The summed E-state index contributed by atoms with van der Waals surface area (Å²) in [6, 6.07) is 14.6. The van der Waals surface area contributed by atoms with Gasteiger partial charge >= 0.3 is 0 Å². The van der Waals surface area contributed by atoms with E-state index in [1.54, 1.807) is 0 Å². The molecule has 5 nitrogen and oxygen atoms in total. The van der Waals surface area contributed by atoms with Crippen molar-refractivity contribution in [2.24, 2.45) is 0 Å². The SMILES string of the molecule is O=c1cc[nH]c(C(CCO)c2ccc(F)c(OCc3ccccc3)c2O)c1. The van der Waals surface area contributed by atoms with Crippen molar-refractivity contribution in [3.05, 3.63) is 93.7 Å². The van der Waals surface area contributed by atoms with Crippen LogP contribution in [0.3, 0.4) is 0 Å². The molecule has 0 spiro atoms. The Balaban J connectivity index is 1.95. The van der Waals surface area contributed by atoms with Gasteiger partial charge in [0.1, 0.15) is 6.61 Å². The fourth-order valence-electron chi connectivity index (χ4n) is 2.98. The lowest BCUT2D eigenvalue weighted by atomic mass is 9.91. The molecule has 1 heterocycles. The Hall–Kier alpha value is -3.12. The fraction of sp³-hybridized carbons (Fsp3) is 0.190. The third-order valence-electron chi connectivity index (χ3n) is 4.30. The quantitative estimate of drug-likeness (QED) is 0.597. The molecule has 140 valence electrons. The van der Waals surface area contributed by atoms with Crippen molar-refractivity contribution in [1.29, 1.82) is 0 Å². The first-order chi connectivity index (χ1) is 13.1. The second-order valence-corrected chi connectivity index (χ2v) is 6.13. The van der Waals surface area contributed by atoms with Crippen LogP contribution in [0.1, 0.15) is 29.2 Å². The van der Waals surface area contributed by atoms with Gasteiger partial charge in [0.15, 0.2) is 22.7 Å². The van der Waals surface area contributed by atoms with Crippen molar-refractivity contribution in [2.75, 3.05) is 6.61 Å². The molecule has 3 aromatic rings. The van der Waals surface area contributed by atoms with Gasteiger partial charge in [0.25, 0.3) is 0 Å². The fourth-order valence-corrected chi connectivity index (χ4v) is 2.98. The molecule has 0 aliphatic rings. The number of hydrogen-bond donors (Lipinski definition) is 3. The number of ether oxygens (including phenoxy) is 1. The molecule has 3 N–H and O–H groups in total. The number of aromatic hydroxyl groups is 1. The van der Waals surface area contributed by atoms with E-state index in [9.17, 15) is 19.4 Å². The first kappa shape index (κ1) is 18.7. The molecule has 6 heteroatoms. The summed E-state index contributed by atoms with van der Waals surface area (Å²) in [7, 11) is 0. The minimum atomic E-state index is -0.684. The van der Waals surface area contributed by atoms with Crippen LogP contribution in [0.2, 0.25) is 0 Å². The van der Waals surface area contributed by atoms with Crippen LogP contribution in [0, 0.1) is 5.82 Å². The number of rotatable bonds is 7. The van der Waals surface area contributed by atoms with E-state index in [0.717, 1.165) is 5.56 Å². The van der Waals surface area contributed by atoms with Crippen molar-refractivity contribution in [3.63, 3.8) is 0 Å². The minimum Gasteiger partial charge on any atom is -0.504 e. The van der Waals surface area contributed by atoms with Crippen molar-refractivity contribution in [3.8, 4) is 11.5 Å². The summed E-state index contributed by atoms with van der Waals surface area (Å²) in [6.07, 6.45) is 1.74. The zero-order valence-electron chi connectivity index (χ0n) is 14.6. The van der Waals surface area contributed by atoms with Gasteiger partial charge < -0.3 is 19.9 Å². The molecule has 27 heavy (non-hydrogen) atoms. The van der Waals surface area contributed by atoms with E-state index in [2.05, 4.69) is 4.98 Å². The Bertz CT molecular complexity index is 956. The molecule has 0 fully saturated rings. The highest BCUT2D eigenvalue weighted by atomic mass is 19.1. The van der Waals surface area contributed by atoms with Crippen LogP contribution >= 0.6 is 0 Å². The Labute approximate surface area is 155 Å². The number of phenols is 1. The third kappa shape index (κ3) is 4.35. The lowest BCUT2D eigenvalue weighted by molar-refractivity contribution is 0.267. The second kappa shape index (κ2) is 8.51. The monoisotopic (exact) mass is 369 g/mol. The number of benzene rings is 2. The Morgan fingerprint density at radius 2 is 1.89 bits per heavy atom. The second-order valence-electron chi connectivity index (χ2n) is 6.13. The molecule has 0 aliphatic heterocycles. The molecule has 1 aromatic heterocycles. The molecule has 1 unspecified atom stereocenters. The lowest BCUT2D eigenvalue weighted by Crippen LogP contribution is -2.11. The predicted molar refractivity (Wildman–Crippen MR) is 99.4 cm³/mol. The molecule has 0 saturated carbocycles. The van der Waals surface area contributed by atoms with Crippen molar-refractivity contribution in [2.45, 2.75) is 18.9 Å². The maximum atomic E-state index is 14.3. The van der Waals surface area contributed by atoms with E-state index in [1.165, 1.54) is 30.5 Å². The van der Waals surface area contributed by atoms with Crippen LogP contribution in [-0.2, 0) is 6.61 Å². The van der Waals surface area contributed by atoms with E-state index < -0.39 is 11.7 Å². The van der Waals surface area contributed by atoms with Crippen LogP contribution in [0.25, 0.3) is 0 Å². The first-order valence-electron chi connectivity index (χ1n) is 8.57. The minimum absolute atomic E-state index is 0.0988. The number of aromatic amines is 1. The van der Waals surface area contributed by atoms with Gasteiger partial charge in [-0.1, -0.05) is 36.4 Å². The lowest BCUT2D eigenvalue weighted by Gasteiger charge is -2.20. The van der Waals surface area contributed by atoms with E-state index in [4.69, 9.17) is 4.74 Å². The smallest absolute Gasteiger partial charge is 0.197 e. The summed E-state index contributed by atoms with van der Waals surface area (Å²) in [6.45, 7) is -0.0692. The van der Waals surface area contributed by atoms with E-state index >= 15 is 0 Å². The summed E-state index contributed by atoms with van der Waals surface area (Å²) in [5.41, 5.74) is 1.53. The van der Waals surface area contributed by atoms with Gasteiger partial charge in [-0.05, 0) is 18.1 Å². The van der Waals surface area contributed by atoms with Crippen LogP contribution in [0.15, 0.2) is 65.6 Å². The molecule has 0 bridgehead atoms. The van der Waals surface area contributed by atoms with Crippen LogP contribution in [-0.4, -0.2) is 21.8 Å². The number of nitrogens with one attached hydrogen (secondary N) is 1. The highest BCUT2D eigenvalue weighted by molar-refractivity contribution is 5.50. The van der Waals surface area contributed by atoms with Gasteiger partial charge in [0.05, 0.1) is 0 Å². The number of H-pyrrole nitrogens is 1. The number of aliphatic hydroxyl groups excluding tert-OH is 1.